The molecule has 6 aliphatic rings. The van der Waals surface area contributed by atoms with E-state index in [2.05, 4.69) is 19.9 Å². The van der Waals surface area contributed by atoms with E-state index in [4.69, 9.17) is 15.6 Å². The first-order valence-corrected chi connectivity index (χ1v) is 15.2. The van der Waals surface area contributed by atoms with Gasteiger partial charge in [-0.05, 0) is 18.1 Å². The first kappa shape index (κ1) is 28.9. The van der Waals surface area contributed by atoms with E-state index in [-0.39, 0.29) is 28.6 Å². The lowest BCUT2D eigenvalue weighted by Gasteiger charge is -2.47. The number of hydrogen-bond donors (Lipinski definition) is 4. The average molecular weight is 649 g/mol. The molecule has 1 aromatic heterocycles. The zero-order chi connectivity index (χ0) is 31.5. The number of allylic oxidation sites excluding steroid dienone is 1. The number of ketones is 1. The Labute approximate surface area is 254 Å². The van der Waals surface area contributed by atoms with E-state index in [0.29, 0.717) is 17.3 Å². The third kappa shape index (κ3) is 3.91. The van der Waals surface area contributed by atoms with E-state index in [0.717, 1.165) is 50.8 Å². The first-order valence-electron chi connectivity index (χ1n) is 13.5. The molecular weight excluding hydrogens is 625 g/mol. The molecule has 1 spiro atoms. The molecule has 1 aromatic carbocycles. The van der Waals surface area contributed by atoms with Crippen molar-refractivity contribution in [2.24, 2.45) is 17.8 Å². The third-order valence-corrected chi connectivity index (χ3v) is 11.6. The molecule has 0 radical (unpaired) electrons. The molecule has 6 heterocycles. The molecule has 5 aliphatic heterocycles. The van der Waals surface area contributed by atoms with E-state index in [1.165, 1.54) is 0 Å². The summed E-state index contributed by atoms with van der Waals surface area (Å²) in [5.41, 5.74) is 9.67. The smallest absolute Gasteiger partial charge is 0.430 e. The normalized spacial score (nSPS) is 27.0. The number of aliphatic imine (C=N–C) groups is 1. The summed E-state index contributed by atoms with van der Waals surface area (Å²) in [6.07, 6.45) is 1.85. The van der Waals surface area contributed by atoms with Gasteiger partial charge in [0.2, 0.25) is 17.2 Å². The van der Waals surface area contributed by atoms with Crippen molar-refractivity contribution in [3.05, 3.63) is 39.1 Å². The topological polar surface area (TPSA) is 186 Å². The molecule has 5 atom stereocenters. The fraction of sp³-hybridized carbons (Fsp3) is 0.407. The van der Waals surface area contributed by atoms with Crippen LogP contribution < -0.4 is 31.3 Å². The molecule has 17 heteroatoms. The van der Waals surface area contributed by atoms with E-state index >= 15 is 0 Å². The molecule has 3 bridgehead atoms. The van der Waals surface area contributed by atoms with Crippen molar-refractivity contribution in [1.82, 2.24) is 14.1 Å². The number of hydrogen-bond acceptors (Lipinski definition) is 11. The van der Waals surface area contributed by atoms with Crippen molar-refractivity contribution >= 4 is 64.4 Å². The molecule has 44 heavy (non-hydrogen) atoms. The second-order valence-corrected chi connectivity index (χ2v) is 13.6. The number of phenols is 1. The second kappa shape index (κ2) is 9.58. The molecule has 0 saturated carbocycles. The molecule has 1 aliphatic carbocycles. The monoisotopic (exact) mass is 648 g/mol. The molecule has 5 N–H and O–H groups in total. The zero-order valence-electron chi connectivity index (χ0n) is 22.7. The minimum atomic E-state index is -5.19. The van der Waals surface area contributed by atoms with Crippen LogP contribution in [0.3, 0.4) is 0 Å². The van der Waals surface area contributed by atoms with E-state index in [1.54, 1.807) is 29.9 Å². The number of carboxylic acid groups (broad SMARTS) is 2. The van der Waals surface area contributed by atoms with Gasteiger partial charge in [0.1, 0.15) is 29.3 Å². The van der Waals surface area contributed by atoms with Crippen LogP contribution >= 0.6 is 23.5 Å². The highest BCUT2D eigenvalue weighted by atomic mass is 32.2. The van der Waals surface area contributed by atoms with Crippen molar-refractivity contribution in [3.63, 3.8) is 0 Å². The predicted octanol–water partition coefficient (Wildman–Crippen LogP) is -0.724. The third-order valence-electron chi connectivity index (χ3n) is 8.86. The Morgan fingerprint density at radius 3 is 2.82 bits per heavy atom. The van der Waals surface area contributed by atoms with Crippen LogP contribution in [0.15, 0.2) is 27.3 Å². The lowest BCUT2D eigenvalue weighted by molar-refractivity contribution is -0.344. The number of thioether (sulfide) groups is 2. The predicted molar refractivity (Wildman–Crippen MR) is 151 cm³/mol. The lowest BCUT2D eigenvalue weighted by Crippen LogP contribution is -2.69. The number of carbonyl (C=O) groups excluding carboxylic acids is 2. The Morgan fingerprint density at radius 2 is 2.14 bits per heavy atom. The van der Waals surface area contributed by atoms with Gasteiger partial charge in [0, 0.05) is 31.0 Å². The largest absolute Gasteiger partial charge is 0.542 e. The summed E-state index contributed by atoms with van der Waals surface area (Å²) < 4.78 is 35.6. The van der Waals surface area contributed by atoms with Gasteiger partial charge < -0.3 is 35.7 Å². The van der Waals surface area contributed by atoms with Crippen LogP contribution in [-0.4, -0.2) is 79.1 Å². The molecular formula is C27H23F3N6O6S2. The number of rotatable bonds is 5. The van der Waals surface area contributed by atoms with Gasteiger partial charge in [0.15, 0.2) is 5.75 Å². The fourth-order valence-electron chi connectivity index (χ4n) is 7.05. The van der Waals surface area contributed by atoms with Crippen LogP contribution in [0.25, 0.3) is 5.57 Å². The molecule has 230 valence electrons. The number of nitrogens with zero attached hydrogens (tertiary/aromatic N) is 4. The minimum absolute atomic E-state index is 0.0251. The lowest BCUT2D eigenvalue weighted by atomic mass is 9.64. The van der Waals surface area contributed by atoms with E-state index in [1.807, 2.05) is 23.9 Å². The van der Waals surface area contributed by atoms with Crippen molar-refractivity contribution in [3.8, 4) is 5.75 Å². The highest BCUT2D eigenvalue weighted by Crippen LogP contribution is 2.65. The highest BCUT2D eigenvalue weighted by Gasteiger charge is 2.67. The average Bonchev–Trinajstić information content (AvgIpc) is 3.61. The number of nitrogens with one attached hydrogen (secondary N) is 1. The number of imidazole rings is 1. The number of halogens is 3. The number of phenolic OH excluding ortho intramolecular Hbond substituents is 1. The number of fused-ring (bicyclic) bond motifs is 3. The molecule has 0 amide bonds. The van der Waals surface area contributed by atoms with Gasteiger partial charge in [-0.1, -0.05) is 11.8 Å². The fourth-order valence-corrected chi connectivity index (χ4v) is 10.3. The quantitative estimate of drug-likeness (QED) is 0.237. The Hall–Kier alpha value is -3.83. The zero-order valence-corrected chi connectivity index (χ0v) is 24.3. The van der Waals surface area contributed by atoms with Crippen LogP contribution in [0.1, 0.15) is 24.1 Å². The maximum absolute atomic E-state index is 13.8. The number of carboxylic acids is 2. The van der Waals surface area contributed by atoms with Gasteiger partial charge in [0.25, 0.3) is 0 Å². The molecule has 2 aromatic rings. The van der Waals surface area contributed by atoms with Gasteiger partial charge in [0.05, 0.1) is 44.5 Å². The molecule has 1 fully saturated rings. The number of alkyl halides is 3. The number of aromatic hydroxyl groups is 1. The number of aliphatic carboxylic acids is 2. The van der Waals surface area contributed by atoms with Crippen LogP contribution in [0, 0.1) is 0 Å². The number of carbonyl (C=O) groups is 3. The maximum Gasteiger partial charge on any atom is 0.430 e. The Bertz CT molecular complexity index is 1910. The number of nitrogens with two attached hydrogens (primary N) is 1. The molecule has 0 unspecified atom stereocenters. The van der Waals surface area contributed by atoms with Gasteiger partial charge in [-0.3, -0.25) is 14.6 Å². The van der Waals surface area contributed by atoms with Crippen LogP contribution in [-0.2, 0) is 33.3 Å². The Kier molecular flexibility index (Phi) is 6.30. The van der Waals surface area contributed by atoms with Crippen LogP contribution in [0.2, 0.25) is 0 Å². The van der Waals surface area contributed by atoms with Gasteiger partial charge >= 0.3 is 12.1 Å². The maximum atomic E-state index is 13.8. The summed E-state index contributed by atoms with van der Waals surface area (Å²) in [4.78, 5) is 44.4. The van der Waals surface area contributed by atoms with E-state index < -0.39 is 35.6 Å². The van der Waals surface area contributed by atoms with E-state index in [9.17, 15) is 33.0 Å². The van der Waals surface area contributed by atoms with Gasteiger partial charge in [-0.25, -0.2) is 9.56 Å². The standard InChI is InChI=1S/C25H22N6O4S2.C2HF3O2/c1-30-8-28-23(11(30)4-10(26)24(34)35)37-22-19-12(32)5-13-25(22)6-14(36-13)29-18-16(25)20-15-9(2-3-31(19)20)7-27-17(15)21(18)33;3-2(4,5)1(6)7/h5,7-8,10,14,19,22H,2-4,6,26H2,1H3,(H2,27,29,33,34,35);(H,6,7)/t10-,14+,19-,22+,25-;/m0./s1. The minimum Gasteiger partial charge on any atom is -0.542 e. The summed E-state index contributed by atoms with van der Waals surface area (Å²) in [7, 11) is 1.84. The Balaban J connectivity index is 0.000000403. The summed E-state index contributed by atoms with van der Waals surface area (Å²) in [6.45, 7) is 0.688. The summed E-state index contributed by atoms with van der Waals surface area (Å²) >= 11 is 3.22. The van der Waals surface area contributed by atoms with Crippen molar-refractivity contribution < 1.29 is 42.9 Å². The van der Waals surface area contributed by atoms with Crippen LogP contribution in [0.5, 0.6) is 5.75 Å². The first-order chi connectivity index (χ1) is 20.7. The van der Waals surface area contributed by atoms with Crippen molar-refractivity contribution in [2.75, 3.05) is 11.9 Å². The molecule has 1 saturated heterocycles. The molecule has 12 nitrogen and oxygen atoms in total. The summed E-state index contributed by atoms with van der Waals surface area (Å²) in [5.74, 6) is -3.81. The van der Waals surface area contributed by atoms with Crippen molar-refractivity contribution in [1.29, 1.82) is 0 Å². The highest BCUT2D eigenvalue weighted by molar-refractivity contribution is 8.04. The van der Waals surface area contributed by atoms with Crippen LogP contribution in [0.4, 0.5) is 24.5 Å². The number of aromatic nitrogens is 2. The van der Waals surface area contributed by atoms with Gasteiger partial charge in [-0.15, -0.1) is 11.8 Å². The summed E-state index contributed by atoms with van der Waals surface area (Å²) in [5, 5.41) is 35.7. The Morgan fingerprint density at radius 1 is 1.41 bits per heavy atom. The SMILES string of the molecule is Cn1cnc(S[C@@H]2[C@@H]3C(=O)C=C4S[C@@H]5C[C@@]42c2c(c(O)c4c6c2=[N+]3CCC=6C=N4)N5)c1C[C@H](N)C(=O)O.O=C([O-])C(F)(F)F. The number of anilines is 1. The van der Waals surface area contributed by atoms with Crippen molar-refractivity contribution in [2.45, 2.75) is 58.6 Å². The number of aryl methyl sites for hydroxylation is 1. The summed E-state index contributed by atoms with van der Waals surface area (Å²) in [6, 6.07) is -1.45. The van der Waals surface area contributed by atoms with Gasteiger partial charge in [-0.2, -0.15) is 13.2 Å². The number of benzene rings is 1. The molecule has 8 rings (SSSR count). The second-order valence-electron chi connectivity index (χ2n) is 11.3.